The zero-order valence-corrected chi connectivity index (χ0v) is 10.3. The molecule has 1 aliphatic rings. The molecule has 1 saturated carbocycles. The van der Waals surface area contributed by atoms with E-state index in [9.17, 15) is 4.79 Å². The quantitative estimate of drug-likeness (QED) is 0.678. The van der Waals surface area contributed by atoms with Gasteiger partial charge in [-0.15, -0.1) is 0 Å². The number of nitrogens with one attached hydrogen (secondary N) is 1. The third kappa shape index (κ3) is 5.42. The monoisotopic (exact) mass is 230 g/mol. The highest BCUT2D eigenvalue weighted by molar-refractivity contribution is 7.98. The summed E-state index contributed by atoms with van der Waals surface area (Å²) in [5.41, 5.74) is 5.20. The molecule has 1 aliphatic carbocycles. The first-order chi connectivity index (χ1) is 7.22. The van der Waals surface area contributed by atoms with Gasteiger partial charge < -0.3 is 11.1 Å². The minimum Gasteiger partial charge on any atom is -0.370 e. The molecular weight excluding hydrogens is 208 g/mol. The number of carbonyl (C=O) groups excluding carboxylic acids is 1. The Morgan fingerprint density at radius 2 is 2.07 bits per heavy atom. The maximum Gasteiger partial charge on any atom is 0.217 e. The van der Waals surface area contributed by atoms with Crippen LogP contribution in [0.4, 0.5) is 0 Å². The molecule has 0 aliphatic heterocycles. The molecule has 1 fully saturated rings. The van der Waals surface area contributed by atoms with E-state index in [2.05, 4.69) is 11.6 Å². The van der Waals surface area contributed by atoms with Gasteiger partial charge in [-0.3, -0.25) is 4.79 Å². The van der Waals surface area contributed by atoms with Crippen molar-refractivity contribution in [1.29, 1.82) is 0 Å². The Morgan fingerprint density at radius 3 is 2.60 bits per heavy atom. The predicted octanol–water partition coefficient (Wildman–Crippen LogP) is 1.37. The lowest BCUT2D eigenvalue weighted by Gasteiger charge is -2.28. The first-order valence-corrected chi connectivity index (χ1v) is 7.12. The van der Waals surface area contributed by atoms with E-state index in [1.54, 1.807) is 0 Å². The third-order valence-corrected chi connectivity index (χ3v) is 3.69. The van der Waals surface area contributed by atoms with E-state index in [1.807, 2.05) is 11.8 Å². The highest BCUT2D eigenvalue weighted by atomic mass is 32.2. The van der Waals surface area contributed by atoms with Crippen LogP contribution >= 0.6 is 11.8 Å². The van der Waals surface area contributed by atoms with Gasteiger partial charge in [0.1, 0.15) is 0 Å². The van der Waals surface area contributed by atoms with Crippen LogP contribution in [-0.4, -0.2) is 30.5 Å². The summed E-state index contributed by atoms with van der Waals surface area (Å²) in [5.74, 6) is 1.58. The Morgan fingerprint density at radius 1 is 1.40 bits per heavy atom. The lowest BCUT2D eigenvalue weighted by Crippen LogP contribution is -2.35. The summed E-state index contributed by atoms with van der Waals surface area (Å²) in [5, 5.41) is 3.56. The van der Waals surface area contributed by atoms with Gasteiger partial charge in [0, 0.05) is 24.8 Å². The average Bonchev–Trinajstić information content (AvgIpc) is 2.20. The van der Waals surface area contributed by atoms with E-state index in [4.69, 9.17) is 5.73 Å². The van der Waals surface area contributed by atoms with Gasteiger partial charge in [-0.25, -0.2) is 0 Å². The highest BCUT2D eigenvalue weighted by Crippen LogP contribution is 2.26. The van der Waals surface area contributed by atoms with Crippen molar-refractivity contribution >= 4 is 17.7 Å². The summed E-state index contributed by atoms with van der Waals surface area (Å²) in [4.78, 5) is 10.8. The largest absolute Gasteiger partial charge is 0.370 e. The molecule has 3 N–H and O–H groups in total. The van der Waals surface area contributed by atoms with Crippen LogP contribution in [0.25, 0.3) is 0 Å². The number of carbonyl (C=O) groups is 1. The normalized spacial score (nSPS) is 26.5. The summed E-state index contributed by atoms with van der Waals surface area (Å²) in [6.45, 7) is 1.10. The fourth-order valence-electron chi connectivity index (χ4n) is 2.22. The molecule has 1 amide bonds. The topological polar surface area (TPSA) is 55.1 Å². The summed E-state index contributed by atoms with van der Waals surface area (Å²) >= 11 is 1.88. The van der Waals surface area contributed by atoms with Crippen molar-refractivity contribution in [2.75, 3.05) is 18.6 Å². The molecule has 0 spiro atoms. The Bertz CT molecular complexity index is 191. The molecule has 0 atom stereocenters. The van der Waals surface area contributed by atoms with Crippen LogP contribution in [0, 0.1) is 5.92 Å². The van der Waals surface area contributed by atoms with Gasteiger partial charge in [0.2, 0.25) is 5.91 Å². The number of primary amides is 1. The molecule has 15 heavy (non-hydrogen) atoms. The fraction of sp³-hybridized carbons (Fsp3) is 0.909. The van der Waals surface area contributed by atoms with Crippen molar-refractivity contribution in [1.82, 2.24) is 5.32 Å². The molecule has 3 nitrogen and oxygen atoms in total. The van der Waals surface area contributed by atoms with E-state index < -0.39 is 0 Å². The first kappa shape index (κ1) is 12.8. The molecule has 0 aromatic rings. The minimum absolute atomic E-state index is 0.145. The van der Waals surface area contributed by atoms with Crippen molar-refractivity contribution in [3.63, 3.8) is 0 Å². The molecular formula is C11H22N2OS. The highest BCUT2D eigenvalue weighted by Gasteiger charge is 2.21. The smallest absolute Gasteiger partial charge is 0.217 e. The molecule has 0 aromatic heterocycles. The number of amides is 1. The summed E-state index contributed by atoms with van der Waals surface area (Å²) in [7, 11) is 0. The van der Waals surface area contributed by atoms with Gasteiger partial charge in [0.25, 0.3) is 0 Å². The van der Waals surface area contributed by atoms with E-state index >= 15 is 0 Å². The lowest BCUT2D eigenvalue weighted by atomic mass is 9.84. The molecule has 0 saturated heterocycles. The van der Waals surface area contributed by atoms with Crippen molar-refractivity contribution in [3.05, 3.63) is 0 Å². The predicted molar refractivity (Wildman–Crippen MR) is 65.9 cm³/mol. The number of hydrogen-bond donors (Lipinski definition) is 2. The second-order valence-corrected chi connectivity index (χ2v) is 5.32. The zero-order valence-electron chi connectivity index (χ0n) is 9.50. The number of rotatable bonds is 6. The van der Waals surface area contributed by atoms with Crippen LogP contribution in [0.1, 0.15) is 32.1 Å². The summed E-state index contributed by atoms with van der Waals surface area (Å²) in [6, 6.07) is 0.668. The number of nitrogens with two attached hydrogens (primary N) is 1. The van der Waals surface area contributed by atoms with Crippen molar-refractivity contribution in [2.24, 2.45) is 11.7 Å². The van der Waals surface area contributed by atoms with Crippen LogP contribution in [0.3, 0.4) is 0 Å². The maximum atomic E-state index is 10.8. The van der Waals surface area contributed by atoms with Gasteiger partial charge >= 0.3 is 0 Å². The molecule has 1 rings (SSSR count). The molecule has 0 radical (unpaired) electrons. The van der Waals surface area contributed by atoms with Crippen molar-refractivity contribution in [2.45, 2.75) is 38.1 Å². The Labute approximate surface area is 96.6 Å². The number of thioether (sulfide) groups is 1. The van der Waals surface area contributed by atoms with Gasteiger partial charge in [0.05, 0.1) is 0 Å². The summed E-state index contributed by atoms with van der Waals surface area (Å²) in [6.07, 6.45) is 7.42. The molecule has 4 heteroatoms. The van der Waals surface area contributed by atoms with E-state index in [-0.39, 0.29) is 5.91 Å². The standard InChI is InChI=1S/C11H22N2OS/c1-15-7-6-13-10-4-2-9(3-5-10)8-11(12)14/h9-10,13H,2-8H2,1H3,(H2,12,14). The molecule has 0 heterocycles. The molecule has 0 aromatic carbocycles. The molecule has 0 unspecified atom stereocenters. The first-order valence-electron chi connectivity index (χ1n) is 5.73. The van der Waals surface area contributed by atoms with Crippen molar-refractivity contribution in [3.8, 4) is 0 Å². The van der Waals surface area contributed by atoms with Crippen LogP contribution in [0.2, 0.25) is 0 Å². The Balaban J connectivity index is 2.10. The van der Waals surface area contributed by atoms with E-state index in [1.165, 1.54) is 18.6 Å². The van der Waals surface area contributed by atoms with Crippen molar-refractivity contribution < 1.29 is 4.79 Å². The van der Waals surface area contributed by atoms with Gasteiger partial charge in [-0.1, -0.05) is 0 Å². The third-order valence-electron chi connectivity index (χ3n) is 3.08. The van der Waals surface area contributed by atoms with Gasteiger partial charge in [-0.05, 0) is 37.9 Å². The summed E-state index contributed by atoms with van der Waals surface area (Å²) < 4.78 is 0. The minimum atomic E-state index is -0.145. The Kier molecular flexibility index (Phi) is 6.10. The van der Waals surface area contributed by atoms with E-state index in [0.29, 0.717) is 18.4 Å². The van der Waals surface area contributed by atoms with E-state index in [0.717, 1.165) is 19.4 Å². The number of hydrogen-bond acceptors (Lipinski definition) is 3. The van der Waals surface area contributed by atoms with Gasteiger partial charge in [0.15, 0.2) is 0 Å². The van der Waals surface area contributed by atoms with Gasteiger partial charge in [-0.2, -0.15) is 11.8 Å². The van der Waals surface area contributed by atoms with Crippen LogP contribution in [-0.2, 0) is 4.79 Å². The molecule has 0 bridgehead atoms. The van der Waals surface area contributed by atoms with Crippen LogP contribution in [0.5, 0.6) is 0 Å². The van der Waals surface area contributed by atoms with Crippen LogP contribution < -0.4 is 11.1 Å². The second-order valence-electron chi connectivity index (χ2n) is 4.34. The fourth-order valence-corrected chi connectivity index (χ4v) is 2.54. The lowest BCUT2D eigenvalue weighted by molar-refractivity contribution is -0.119. The SMILES string of the molecule is CSCCNC1CCC(CC(N)=O)CC1. The van der Waals surface area contributed by atoms with Crippen LogP contribution in [0.15, 0.2) is 0 Å². The second kappa shape index (κ2) is 7.12. The molecule has 88 valence electrons. The maximum absolute atomic E-state index is 10.8. The zero-order chi connectivity index (χ0) is 11.1. The Hall–Kier alpha value is -0.220. The average molecular weight is 230 g/mol.